The highest BCUT2D eigenvalue weighted by Gasteiger charge is 2.25. The Kier molecular flexibility index (Phi) is 6.14. The number of hydrogen-bond donors (Lipinski definition) is 0. The van der Waals surface area contributed by atoms with Crippen molar-refractivity contribution in [2.24, 2.45) is 0 Å². The largest absolute Gasteiger partial charge is 0.454 e. The lowest BCUT2D eigenvalue weighted by atomic mass is 9.97. The van der Waals surface area contributed by atoms with Gasteiger partial charge in [0.25, 0.3) is 0 Å². The summed E-state index contributed by atoms with van der Waals surface area (Å²) >= 11 is 0. The van der Waals surface area contributed by atoms with Gasteiger partial charge in [-0.15, -0.1) is 0 Å². The fourth-order valence-corrected chi connectivity index (χ4v) is 6.80. The summed E-state index contributed by atoms with van der Waals surface area (Å²) in [6.45, 7) is 0. The van der Waals surface area contributed by atoms with Gasteiger partial charge in [0.05, 0.1) is 11.4 Å². The number of para-hydroxylation sites is 2. The third-order valence-electron chi connectivity index (χ3n) is 8.94. The molecule has 0 amide bonds. The number of fused-ring (bicyclic) bond motifs is 5. The molecule has 0 bridgehead atoms. The average molecular weight is 589 g/mol. The van der Waals surface area contributed by atoms with Gasteiger partial charge in [-0.3, -0.25) is 4.98 Å². The van der Waals surface area contributed by atoms with Crippen molar-refractivity contribution >= 4 is 60.5 Å². The number of nitrogens with zero attached hydrogens (tertiary/aromatic N) is 2. The smallest absolute Gasteiger partial charge is 0.160 e. The highest BCUT2D eigenvalue weighted by atomic mass is 16.3. The predicted molar refractivity (Wildman–Crippen MR) is 192 cm³/mol. The maximum absolute atomic E-state index is 6.73. The Bertz CT molecular complexity index is 2530. The van der Waals surface area contributed by atoms with Crippen molar-refractivity contribution in [2.45, 2.75) is 0 Å². The van der Waals surface area contributed by atoms with Crippen molar-refractivity contribution in [3.05, 3.63) is 170 Å². The van der Waals surface area contributed by atoms with E-state index in [4.69, 9.17) is 4.42 Å². The zero-order valence-corrected chi connectivity index (χ0v) is 25.0. The number of anilines is 3. The molecule has 46 heavy (non-hydrogen) atoms. The van der Waals surface area contributed by atoms with Crippen LogP contribution in [0.5, 0.6) is 0 Å². The number of furan rings is 1. The summed E-state index contributed by atoms with van der Waals surface area (Å²) in [5.41, 5.74) is 9.43. The van der Waals surface area contributed by atoms with Crippen LogP contribution in [0.15, 0.2) is 175 Å². The number of benzene rings is 7. The van der Waals surface area contributed by atoms with Crippen LogP contribution in [-0.4, -0.2) is 4.98 Å². The number of pyridine rings is 1. The van der Waals surface area contributed by atoms with Gasteiger partial charge < -0.3 is 9.32 Å². The minimum atomic E-state index is 0.836. The topological polar surface area (TPSA) is 29.3 Å². The minimum Gasteiger partial charge on any atom is -0.454 e. The lowest BCUT2D eigenvalue weighted by Gasteiger charge is -2.29. The van der Waals surface area contributed by atoms with Crippen LogP contribution in [0, 0.1) is 0 Å². The lowest BCUT2D eigenvalue weighted by Crippen LogP contribution is -2.12. The number of aromatic nitrogens is 1. The minimum absolute atomic E-state index is 0.836. The normalized spacial score (nSPS) is 11.5. The summed E-state index contributed by atoms with van der Waals surface area (Å²) in [6.07, 6.45) is 3.82. The predicted octanol–water partition coefficient (Wildman–Crippen LogP) is 12.1. The van der Waals surface area contributed by atoms with E-state index in [0.29, 0.717) is 0 Å². The van der Waals surface area contributed by atoms with Crippen LogP contribution in [0.2, 0.25) is 0 Å². The molecule has 0 aliphatic rings. The van der Waals surface area contributed by atoms with Gasteiger partial charge in [-0.25, -0.2) is 0 Å². The van der Waals surface area contributed by atoms with E-state index in [1.165, 1.54) is 21.9 Å². The molecule has 3 heteroatoms. The first kappa shape index (κ1) is 26.2. The fraction of sp³-hybridized carbons (Fsp3) is 0. The Hall–Kier alpha value is -6.19. The molecule has 3 nitrogen and oxygen atoms in total. The van der Waals surface area contributed by atoms with E-state index in [9.17, 15) is 0 Å². The van der Waals surface area contributed by atoms with E-state index in [1.807, 2.05) is 24.5 Å². The van der Waals surface area contributed by atoms with Crippen molar-refractivity contribution < 1.29 is 4.42 Å². The highest BCUT2D eigenvalue weighted by Crippen LogP contribution is 2.48. The van der Waals surface area contributed by atoms with Crippen molar-refractivity contribution in [2.75, 3.05) is 4.90 Å². The van der Waals surface area contributed by atoms with Crippen molar-refractivity contribution in [1.29, 1.82) is 0 Å². The zero-order valence-electron chi connectivity index (χ0n) is 25.0. The van der Waals surface area contributed by atoms with Crippen molar-refractivity contribution in [3.8, 4) is 22.3 Å². The van der Waals surface area contributed by atoms with Crippen LogP contribution in [0.25, 0.3) is 65.7 Å². The molecule has 0 fully saturated rings. The third kappa shape index (κ3) is 4.25. The van der Waals surface area contributed by atoms with Crippen LogP contribution in [0.4, 0.5) is 17.1 Å². The third-order valence-corrected chi connectivity index (χ3v) is 8.94. The second-order valence-electron chi connectivity index (χ2n) is 11.6. The Morgan fingerprint density at radius 2 is 1.17 bits per heavy atom. The SMILES string of the molecule is c1ccc(-c2ccccc2N(c2ccc(-c3cccc4ccccc34)cc2)c2c3cnccc3cc3c2oc2ccccc23)cc1. The monoisotopic (exact) mass is 588 g/mol. The van der Waals surface area contributed by atoms with Crippen LogP contribution in [0.3, 0.4) is 0 Å². The molecular formula is C43H28N2O. The van der Waals surface area contributed by atoms with E-state index >= 15 is 0 Å². The molecule has 0 unspecified atom stereocenters. The standard InChI is InChI=1S/C43H28N2O/c1-2-11-30(12-3-1)36-16-6-8-19-40(36)45(33-23-21-31(22-24-33)35-18-10-14-29-13-4-5-15-34(29)35)42-39-28-44-26-25-32(39)27-38-37-17-7-9-20-41(37)46-43(38)42/h1-28H. The Morgan fingerprint density at radius 1 is 0.478 bits per heavy atom. The van der Waals surface area contributed by atoms with Gasteiger partial charge in [0, 0.05) is 39.8 Å². The highest BCUT2D eigenvalue weighted by molar-refractivity contribution is 6.19. The summed E-state index contributed by atoms with van der Waals surface area (Å²) < 4.78 is 6.73. The van der Waals surface area contributed by atoms with Gasteiger partial charge in [-0.05, 0) is 69.2 Å². The van der Waals surface area contributed by atoms with Gasteiger partial charge in [0.1, 0.15) is 5.58 Å². The molecule has 9 aromatic rings. The molecule has 0 atom stereocenters. The van der Waals surface area contributed by atoms with Gasteiger partial charge in [0.2, 0.25) is 0 Å². The molecule has 2 heterocycles. The van der Waals surface area contributed by atoms with E-state index < -0.39 is 0 Å². The Balaban J connectivity index is 1.34. The first-order valence-corrected chi connectivity index (χ1v) is 15.5. The first-order chi connectivity index (χ1) is 22.8. The fourth-order valence-electron chi connectivity index (χ4n) is 6.80. The second-order valence-corrected chi connectivity index (χ2v) is 11.6. The number of hydrogen-bond acceptors (Lipinski definition) is 3. The Morgan fingerprint density at radius 3 is 2.07 bits per heavy atom. The van der Waals surface area contributed by atoms with E-state index in [0.717, 1.165) is 60.9 Å². The summed E-state index contributed by atoms with van der Waals surface area (Å²) in [6, 6.07) is 55.8. The summed E-state index contributed by atoms with van der Waals surface area (Å²) in [4.78, 5) is 6.95. The molecule has 0 aliphatic carbocycles. The van der Waals surface area contributed by atoms with Gasteiger partial charge >= 0.3 is 0 Å². The molecule has 216 valence electrons. The second kappa shape index (κ2) is 10.8. The molecule has 0 aliphatic heterocycles. The molecule has 2 aromatic heterocycles. The summed E-state index contributed by atoms with van der Waals surface area (Å²) in [5.74, 6) is 0. The summed E-state index contributed by atoms with van der Waals surface area (Å²) in [5, 5.41) is 6.79. The molecule has 0 saturated carbocycles. The lowest BCUT2D eigenvalue weighted by molar-refractivity contribution is 0.669. The van der Waals surface area contributed by atoms with E-state index in [-0.39, 0.29) is 0 Å². The van der Waals surface area contributed by atoms with E-state index in [2.05, 4.69) is 155 Å². The van der Waals surface area contributed by atoms with Crippen LogP contribution < -0.4 is 4.90 Å². The van der Waals surface area contributed by atoms with Gasteiger partial charge in [-0.1, -0.05) is 121 Å². The van der Waals surface area contributed by atoms with E-state index in [1.54, 1.807) is 0 Å². The molecular weight excluding hydrogens is 560 g/mol. The van der Waals surface area contributed by atoms with Crippen LogP contribution >= 0.6 is 0 Å². The van der Waals surface area contributed by atoms with Crippen LogP contribution in [0.1, 0.15) is 0 Å². The van der Waals surface area contributed by atoms with Gasteiger partial charge in [-0.2, -0.15) is 0 Å². The average Bonchev–Trinajstić information content (AvgIpc) is 3.50. The zero-order chi connectivity index (χ0) is 30.5. The van der Waals surface area contributed by atoms with Crippen LogP contribution in [-0.2, 0) is 0 Å². The molecule has 9 rings (SSSR count). The molecule has 0 spiro atoms. The first-order valence-electron chi connectivity index (χ1n) is 15.5. The number of rotatable bonds is 5. The maximum atomic E-state index is 6.73. The van der Waals surface area contributed by atoms with Gasteiger partial charge in [0.15, 0.2) is 5.58 Å². The molecule has 0 saturated heterocycles. The molecule has 0 radical (unpaired) electrons. The Labute approximate surface area is 266 Å². The molecule has 0 N–H and O–H groups in total. The van der Waals surface area contributed by atoms with Crippen molar-refractivity contribution in [3.63, 3.8) is 0 Å². The molecule has 7 aromatic carbocycles. The maximum Gasteiger partial charge on any atom is 0.160 e. The van der Waals surface area contributed by atoms with Crippen molar-refractivity contribution in [1.82, 2.24) is 4.98 Å². The quantitative estimate of drug-likeness (QED) is 0.200. The summed E-state index contributed by atoms with van der Waals surface area (Å²) in [7, 11) is 0.